The SMILES string of the molecule is C#C[C@]1(OC(=O)C2=CN(C)C=CC2)CC[C@H]2[C@@H]3CCC4=C(CCC(=O)C4)[C@H]3CC[C@@]21C. The summed E-state index contributed by atoms with van der Waals surface area (Å²) >= 11 is 0. The molecule has 0 radical (unpaired) electrons. The van der Waals surface area contributed by atoms with Crippen LogP contribution in [-0.4, -0.2) is 29.3 Å². The van der Waals surface area contributed by atoms with Gasteiger partial charge < -0.3 is 9.64 Å². The van der Waals surface area contributed by atoms with E-state index in [1.807, 2.05) is 30.4 Å². The van der Waals surface area contributed by atoms with Crippen molar-refractivity contribution >= 4 is 11.8 Å². The molecule has 0 N–H and O–H groups in total. The molecule has 0 aromatic carbocycles. The summed E-state index contributed by atoms with van der Waals surface area (Å²) in [4.78, 5) is 27.0. The molecule has 5 rings (SSSR count). The second kappa shape index (κ2) is 7.40. The number of nitrogens with zero attached hydrogens (tertiary/aromatic N) is 1. The molecule has 4 aliphatic carbocycles. The predicted molar refractivity (Wildman–Crippen MR) is 119 cm³/mol. The Morgan fingerprint density at radius 1 is 1.23 bits per heavy atom. The third kappa shape index (κ3) is 3.12. The van der Waals surface area contributed by atoms with E-state index in [1.54, 1.807) is 5.57 Å². The quantitative estimate of drug-likeness (QED) is 0.362. The van der Waals surface area contributed by atoms with Gasteiger partial charge in [-0.25, -0.2) is 4.79 Å². The van der Waals surface area contributed by atoms with Crippen LogP contribution in [0.2, 0.25) is 0 Å². The van der Waals surface area contributed by atoms with Crippen LogP contribution in [0, 0.1) is 35.5 Å². The number of carbonyl (C=O) groups excluding carboxylic acids is 2. The minimum Gasteiger partial charge on any atom is -0.442 e. The van der Waals surface area contributed by atoms with Crippen molar-refractivity contribution in [1.82, 2.24) is 4.90 Å². The summed E-state index contributed by atoms with van der Waals surface area (Å²) in [6.07, 6.45) is 20.9. The molecule has 0 saturated heterocycles. The first kappa shape index (κ1) is 20.6. The van der Waals surface area contributed by atoms with Crippen LogP contribution in [0.25, 0.3) is 0 Å². The van der Waals surface area contributed by atoms with E-state index < -0.39 is 5.60 Å². The van der Waals surface area contributed by atoms with E-state index in [2.05, 4.69) is 12.8 Å². The lowest BCUT2D eigenvalue weighted by molar-refractivity contribution is -0.164. The minimum absolute atomic E-state index is 0.182. The lowest BCUT2D eigenvalue weighted by atomic mass is 9.52. The third-order valence-corrected chi connectivity index (χ3v) is 9.12. The zero-order chi connectivity index (χ0) is 21.8. The van der Waals surface area contributed by atoms with E-state index in [0.29, 0.717) is 48.4 Å². The number of allylic oxidation sites excluding steroid dienone is 3. The van der Waals surface area contributed by atoms with Crippen molar-refractivity contribution in [3.63, 3.8) is 0 Å². The highest BCUT2D eigenvalue weighted by Crippen LogP contribution is 2.65. The van der Waals surface area contributed by atoms with Crippen LogP contribution in [0.1, 0.15) is 71.1 Å². The van der Waals surface area contributed by atoms with Gasteiger partial charge in [0.15, 0.2) is 5.60 Å². The largest absolute Gasteiger partial charge is 0.442 e. The molecule has 0 unspecified atom stereocenters. The van der Waals surface area contributed by atoms with Crippen LogP contribution in [0.5, 0.6) is 0 Å². The fourth-order valence-electron chi connectivity index (χ4n) is 7.53. The molecule has 5 aliphatic rings. The van der Waals surface area contributed by atoms with E-state index in [4.69, 9.17) is 11.2 Å². The van der Waals surface area contributed by atoms with Gasteiger partial charge in [0.05, 0.1) is 5.57 Å². The number of esters is 1. The Kier molecular flexibility index (Phi) is 4.92. The van der Waals surface area contributed by atoms with Crippen LogP contribution in [0.4, 0.5) is 0 Å². The van der Waals surface area contributed by atoms with Crippen LogP contribution in [0.3, 0.4) is 0 Å². The standard InChI is InChI=1S/C27H33NO3/c1-4-27(31-25(30)19-6-5-15-28(3)17-19)14-12-24-23-9-7-18-16-20(29)8-10-21(18)22(23)11-13-26(24,27)2/h1,5,15,17,22-24H,6-14,16H2,2-3H3/t22-,23-,24+,26+,27+/m1/s1. The minimum atomic E-state index is -0.822. The molecule has 164 valence electrons. The van der Waals surface area contributed by atoms with Gasteiger partial charge in [0, 0.05) is 37.9 Å². The summed E-state index contributed by atoms with van der Waals surface area (Å²) in [5.74, 6) is 4.82. The Morgan fingerprint density at radius 2 is 2.06 bits per heavy atom. The summed E-state index contributed by atoms with van der Waals surface area (Å²) in [7, 11) is 1.92. The summed E-state index contributed by atoms with van der Waals surface area (Å²) < 4.78 is 6.25. The number of Topliss-reactive ketones (excluding diaryl/α,β-unsaturated/α-hetero) is 1. The number of carbonyl (C=O) groups is 2. The smallest absolute Gasteiger partial charge is 0.337 e. The van der Waals surface area contributed by atoms with Gasteiger partial charge in [0.2, 0.25) is 0 Å². The zero-order valence-corrected chi connectivity index (χ0v) is 18.8. The third-order valence-electron chi connectivity index (χ3n) is 9.12. The van der Waals surface area contributed by atoms with Crippen molar-refractivity contribution in [2.24, 2.45) is 23.2 Å². The maximum atomic E-state index is 13.1. The van der Waals surface area contributed by atoms with Gasteiger partial charge in [0.1, 0.15) is 5.78 Å². The molecule has 0 amide bonds. The Hall–Kier alpha value is -2.28. The molecule has 31 heavy (non-hydrogen) atoms. The Morgan fingerprint density at radius 3 is 2.84 bits per heavy atom. The van der Waals surface area contributed by atoms with E-state index in [0.717, 1.165) is 44.9 Å². The number of hydrogen-bond acceptors (Lipinski definition) is 4. The van der Waals surface area contributed by atoms with Gasteiger partial charge in [-0.1, -0.05) is 30.1 Å². The van der Waals surface area contributed by atoms with Crippen molar-refractivity contribution in [3.05, 3.63) is 35.2 Å². The number of hydrogen-bond donors (Lipinski definition) is 0. The number of ether oxygens (including phenoxy) is 1. The molecule has 4 nitrogen and oxygen atoms in total. The van der Waals surface area contributed by atoms with Gasteiger partial charge in [-0.15, -0.1) is 6.42 Å². The first-order chi connectivity index (χ1) is 14.9. The second-order valence-corrected chi connectivity index (χ2v) is 10.5. The molecule has 1 heterocycles. The first-order valence-corrected chi connectivity index (χ1v) is 11.9. The van der Waals surface area contributed by atoms with Crippen LogP contribution < -0.4 is 0 Å². The van der Waals surface area contributed by atoms with Gasteiger partial charge in [0.25, 0.3) is 0 Å². The molecule has 0 bridgehead atoms. The normalized spacial score (nSPS) is 39.3. The highest BCUT2D eigenvalue weighted by molar-refractivity contribution is 5.89. The summed E-state index contributed by atoms with van der Waals surface area (Å²) in [6, 6.07) is 0. The molecular formula is C27H33NO3. The molecule has 0 aromatic rings. The summed E-state index contributed by atoms with van der Waals surface area (Å²) in [5, 5.41) is 0. The first-order valence-electron chi connectivity index (χ1n) is 11.9. The molecule has 2 saturated carbocycles. The predicted octanol–water partition coefficient (Wildman–Crippen LogP) is 4.92. The monoisotopic (exact) mass is 419 g/mol. The number of rotatable bonds is 2. The second-order valence-electron chi connectivity index (χ2n) is 10.5. The Bertz CT molecular complexity index is 950. The molecule has 0 aromatic heterocycles. The van der Waals surface area contributed by atoms with Crippen molar-refractivity contribution in [2.45, 2.75) is 76.7 Å². The van der Waals surface area contributed by atoms with E-state index >= 15 is 0 Å². The molecular weight excluding hydrogens is 386 g/mol. The average Bonchev–Trinajstić information content (AvgIpc) is 3.06. The molecule has 0 spiro atoms. The lowest BCUT2D eigenvalue weighted by Gasteiger charge is -2.53. The molecule has 2 fully saturated rings. The fourth-order valence-corrected chi connectivity index (χ4v) is 7.53. The van der Waals surface area contributed by atoms with Crippen molar-refractivity contribution in [2.75, 3.05) is 7.05 Å². The van der Waals surface area contributed by atoms with Gasteiger partial charge in [-0.3, -0.25) is 4.79 Å². The Labute approximate surface area is 185 Å². The fraction of sp³-hybridized carbons (Fsp3) is 0.630. The zero-order valence-electron chi connectivity index (χ0n) is 18.8. The van der Waals surface area contributed by atoms with E-state index in [1.165, 1.54) is 5.57 Å². The molecule has 4 heteroatoms. The maximum absolute atomic E-state index is 13.1. The molecule has 1 aliphatic heterocycles. The average molecular weight is 420 g/mol. The maximum Gasteiger partial charge on any atom is 0.337 e. The number of fused-ring (bicyclic) bond motifs is 4. The lowest BCUT2D eigenvalue weighted by Crippen LogP contribution is -2.53. The van der Waals surface area contributed by atoms with Crippen LogP contribution in [-0.2, 0) is 14.3 Å². The van der Waals surface area contributed by atoms with Crippen molar-refractivity contribution in [3.8, 4) is 12.3 Å². The molecule has 5 atom stereocenters. The highest BCUT2D eigenvalue weighted by Gasteiger charge is 2.64. The number of terminal acetylenes is 1. The van der Waals surface area contributed by atoms with Crippen molar-refractivity contribution in [1.29, 1.82) is 0 Å². The topological polar surface area (TPSA) is 46.6 Å². The van der Waals surface area contributed by atoms with Gasteiger partial charge >= 0.3 is 5.97 Å². The van der Waals surface area contributed by atoms with Crippen LogP contribution in [0.15, 0.2) is 35.2 Å². The Balaban J connectivity index is 1.40. The van der Waals surface area contributed by atoms with E-state index in [9.17, 15) is 9.59 Å². The summed E-state index contributed by atoms with van der Waals surface area (Å²) in [5.41, 5.74) is 2.69. The van der Waals surface area contributed by atoms with Crippen molar-refractivity contribution < 1.29 is 14.3 Å². The van der Waals surface area contributed by atoms with Gasteiger partial charge in [-0.05, 0) is 68.9 Å². The van der Waals surface area contributed by atoms with Gasteiger partial charge in [-0.2, -0.15) is 0 Å². The van der Waals surface area contributed by atoms with E-state index in [-0.39, 0.29) is 11.4 Å². The summed E-state index contributed by atoms with van der Waals surface area (Å²) in [6.45, 7) is 2.28. The van der Waals surface area contributed by atoms with Crippen LogP contribution >= 0.6 is 0 Å². The number of ketones is 1. The highest BCUT2D eigenvalue weighted by atomic mass is 16.6.